The molecule has 6 nitrogen and oxygen atoms in total. The molecule has 0 aromatic carbocycles. The molecule has 0 saturated heterocycles. The number of nitrogens with zero attached hydrogens (tertiary/aromatic N) is 1. The molecule has 164 valence electrons. The molecular formula is C23H33N3O3S. The molecule has 7 heteroatoms. The number of hydrogen-bond acceptors (Lipinski definition) is 5. The molecule has 2 aromatic rings. The van der Waals surface area contributed by atoms with E-state index >= 15 is 0 Å². The van der Waals surface area contributed by atoms with Gasteiger partial charge >= 0.3 is 0 Å². The average molecular weight is 432 g/mol. The Balaban J connectivity index is 1.67. The molecule has 2 aromatic heterocycles. The molecule has 0 aliphatic heterocycles. The monoisotopic (exact) mass is 431 g/mol. The molecule has 1 saturated carbocycles. The summed E-state index contributed by atoms with van der Waals surface area (Å²) in [5, 5.41) is 7.17. The summed E-state index contributed by atoms with van der Waals surface area (Å²) in [6.07, 6.45) is 6.56. The highest BCUT2D eigenvalue weighted by atomic mass is 32.1. The number of pyridine rings is 1. The minimum atomic E-state index is -0.0341. The van der Waals surface area contributed by atoms with E-state index in [0.717, 1.165) is 52.9 Å². The van der Waals surface area contributed by atoms with Crippen LogP contribution in [0.25, 0.3) is 10.2 Å². The lowest BCUT2D eigenvalue weighted by atomic mass is 9.78. The second kappa shape index (κ2) is 10.9. The van der Waals surface area contributed by atoms with Crippen molar-refractivity contribution in [2.75, 3.05) is 26.8 Å². The number of hydrogen-bond donors (Lipinski definition) is 2. The Kier molecular flexibility index (Phi) is 8.22. The van der Waals surface area contributed by atoms with Gasteiger partial charge in [0.25, 0.3) is 5.91 Å². The SMILES string of the molecule is COCCNC(=O)c1sc2ncccc2c1C1CCC(CNC(=O)CC(C)C)CC1. The fraction of sp³-hybridized carbons (Fsp3) is 0.609. The Morgan fingerprint density at radius 3 is 2.70 bits per heavy atom. The Morgan fingerprint density at radius 2 is 2.00 bits per heavy atom. The van der Waals surface area contributed by atoms with Crippen molar-refractivity contribution in [1.29, 1.82) is 0 Å². The molecule has 3 rings (SSSR count). The van der Waals surface area contributed by atoms with E-state index in [1.165, 1.54) is 11.3 Å². The van der Waals surface area contributed by atoms with Gasteiger partial charge in [0.1, 0.15) is 4.83 Å². The van der Waals surface area contributed by atoms with E-state index < -0.39 is 0 Å². The Hall–Kier alpha value is -1.99. The first-order valence-electron chi connectivity index (χ1n) is 10.9. The van der Waals surface area contributed by atoms with E-state index in [0.29, 0.717) is 37.3 Å². The highest BCUT2D eigenvalue weighted by molar-refractivity contribution is 7.20. The standard InChI is InChI=1S/C23H33N3O3S/c1-15(2)13-19(27)26-14-16-6-8-17(9-7-16)20-18-5-4-10-25-23(18)30-21(20)22(28)24-11-12-29-3/h4-5,10,15-17H,6-9,11-14H2,1-3H3,(H,24,28)(H,26,27). The number of thiophene rings is 1. The van der Waals surface area contributed by atoms with Gasteiger partial charge in [-0.15, -0.1) is 11.3 Å². The summed E-state index contributed by atoms with van der Waals surface area (Å²) in [6, 6.07) is 4.03. The van der Waals surface area contributed by atoms with Crippen LogP contribution >= 0.6 is 11.3 Å². The quantitative estimate of drug-likeness (QED) is 0.586. The molecule has 1 aliphatic carbocycles. The Labute approximate surface area is 182 Å². The smallest absolute Gasteiger partial charge is 0.261 e. The number of methoxy groups -OCH3 is 1. The number of ether oxygens (including phenoxy) is 1. The summed E-state index contributed by atoms with van der Waals surface area (Å²) >= 11 is 1.48. The number of nitrogens with one attached hydrogen (secondary N) is 2. The van der Waals surface area contributed by atoms with E-state index in [9.17, 15) is 9.59 Å². The van der Waals surface area contributed by atoms with Gasteiger partial charge in [0.05, 0.1) is 11.5 Å². The third-order valence-electron chi connectivity index (χ3n) is 5.74. The average Bonchev–Trinajstić information content (AvgIpc) is 3.12. The van der Waals surface area contributed by atoms with Crippen LogP contribution in [0.1, 0.15) is 67.1 Å². The highest BCUT2D eigenvalue weighted by Gasteiger charge is 2.29. The fourth-order valence-corrected chi connectivity index (χ4v) is 5.37. The normalized spacial score (nSPS) is 19.2. The van der Waals surface area contributed by atoms with E-state index in [2.05, 4.69) is 35.5 Å². The molecule has 0 radical (unpaired) electrons. The first-order chi connectivity index (χ1) is 14.5. The number of aromatic nitrogens is 1. The van der Waals surface area contributed by atoms with Gasteiger partial charge in [0.2, 0.25) is 5.91 Å². The summed E-state index contributed by atoms with van der Waals surface area (Å²) in [6.45, 7) is 5.88. The summed E-state index contributed by atoms with van der Waals surface area (Å²) in [5.41, 5.74) is 1.15. The van der Waals surface area contributed by atoms with Crippen molar-refractivity contribution in [3.63, 3.8) is 0 Å². The fourth-order valence-electron chi connectivity index (χ4n) is 4.23. The second-order valence-corrected chi connectivity index (χ2v) is 9.57. The van der Waals surface area contributed by atoms with Crippen LogP contribution in [0.15, 0.2) is 18.3 Å². The summed E-state index contributed by atoms with van der Waals surface area (Å²) in [7, 11) is 1.63. The van der Waals surface area contributed by atoms with Crippen molar-refractivity contribution in [3.8, 4) is 0 Å². The summed E-state index contributed by atoms with van der Waals surface area (Å²) < 4.78 is 5.05. The largest absolute Gasteiger partial charge is 0.383 e. The summed E-state index contributed by atoms with van der Waals surface area (Å²) in [4.78, 5) is 31.0. The van der Waals surface area contributed by atoms with Crippen molar-refractivity contribution in [1.82, 2.24) is 15.6 Å². The molecule has 0 bridgehead atoms. The zero-order valence-electron chi connectivity index (χ0n) is 18.2. The van der Waals surface area contributed by atoms with Gasteiger partial charge < -0.3 is 15.4 Å². The topological polar surface area (TPSA) is 80.3 Å². The van der Waals surface area contributed by atoms with Crippen LogP contribution in [0.3, 0.4) is 0 Å². The van der Waals surface area contributed by atoms with Crippen LogP contribution in [0.4, 0.5) is 0 Å². The maximum absolute atomic E-state index is 12.9. The predicted molar refractivity (Wildman–Crippen MR) is 121 cm³/mol. The number of fused-ring (bicyclic) bond motifs is 1. The van der Waals surface area contributed by atoms with Crippen LogP contribution in [0.2, 0.25) is 0 Å². The molecule has 0 spiro atoms. The van der Waals surface area contributed by atoms with Gasteiger partial charge in [-0.2, -0.15) is 0 Å². The molecule has 2 amide bonds. The second-order valence-electron chi connectivity index (χ2n) is 8.57. The first-order valence-corrected chi connectivity index (χ1v) is 11.7. The maximum Gasteiger partial charge on any atom is 0.261 e. The van der Waals surface area contributed by atoms with Crippen LogP contribution in [0.5, 0.6) is 0 Å². The lowest BCUT2D eigenvalue weighted by molar-refractivity contribution is -0.122. The molecule has 2 heterocycles. The molecule has 1 fully saturated rings. The predicted octanol–water partition coefficient (Wildman–Crippen LogP) is 4.11. The van der Waals surface area contributed by atoms with Crippen LogP contribution in [-0.2, 0) is 9.53 Å². The first kappa shape index (κ1) is 22.7. The van der Waals surface area contributed by atoms with Gasteiger partial charge in [0, 0.05) is 38.2 Å². The van der Waals surface area contributed by atoms with Gasteiger partial charge in [-0.25, -0.2) is 4.98 Å². The number of carbonyl (C=O) groups is 2. The van der Waals surface area contributed by atoms with Crippen LogP contribution in [-0.4, -0.2) is 43.6 Å². The van der Waals surface area contributed by atoms with Crippen molar-refractivity contribution in [2.45, 2.75) is 51.9 Å². The van der Waals surface area contributed by atoms with E-state index in [-0.39, 0.29) is 11.8 Å². The van der Waals surface area contributed by atoms with Crippen molar-refractivity contribution in [2.24, 2.45) is 11.8 Å². The third kappa shape index (κ3) is 5.79. The minimum Gasteiger partial charge on any atom is -0.383 e. The molecular weight excluding hydrogens is 398 g/mol. The van der Waals surface area contributed by atoms with Gasteiger partial charge in [-0.3, -0.25) is 9.59 Å². The lowest BCUT2D eigenvalue weighted by Crippen LogP contribution is -2.32. The van der Waals surface area contributed by atoms with E-state index in [4.69, 9.17) is 4.74 Å². The zero-order chi connectivity index (χ0) is 21.5. The molecule has 0 atom stereocenters. The zero-order valence-corrected chi connectivity index (χ0v) is 19.0. The maximum atomic E-state index is 12.9. The molecule has 2 N–H and O–H groups in total. The van der Waals surface area contributed by atoms with E-state index in [1.807, 2.05) is 6.07 Å². The third-order valence-corrected chi connectivity index (χ3v) is 6.87. The Bertz CT molecular complexity index is 856. The van der Waals surface area contributed by atoms with Crippen LogP contribution < -0.4 is 10.6 Å². The van der Waals surface area contributed by atoms with Crippen molar-refractivity contribution >= 4 is 33.4 Å². The number of amides is 2. The van der Waals surface area contributed by atoms with E-state index in [1.54, 1.807) is 13.3 Å². The lowest BCUT2D eigenvalue weighted by Gasteiger charge is -2.29. The van der Waals surface area contributed by atoms with Crippen LogP contribution in [0, 0.1) is 11.8 Å². The van der Waals surface area contributed by atoms with Gasteiger partial charge in [-0.1, -0.05) is 19.9 Å². The summed E-state index contributed by atoms with van der Waals surface area (Å²) in [5.74, 6) is 1.37. The highest BCUT2D eigenvalue weighted by Crippen LogP contribution is 2.43. The van der Waals surface area contributed by atoms with Gasteiger partial charge in [-0.05, 0) is 55.1 Å². The molecule has 1 aliphatic rings. The van der Waals surface area contributed by atoms with Crippen molar-refractivity contribution < 1.29 is 14.3 Å². The van der Waals surface area contributed by atoms with Gasteiger partial charge in [0.15, 0.2) is 0 Å². The molecule has 0 unspecified atom stereocenters. The number of rotatable bonds is 9. The minimum absolute atomic E-state index is 0.0341. The molecule has 30 heavy (non-hydrogen) atoms. The van der Waals surface area contributed by atoms with Crippen molar-refractivity contribution in [3.05, 3.63) is 28.8 Å². The Morgan fingerprint density at radius 1 is 1.23 bits per heavy atom. The number of carbonyl (C=O) groups excluding carboxylic acids is 2.